The summed E-state index contributed by atoms with van der Waals surface area (Å²) >= 11 is 0. The first-order valence-electron chi connectivity index (χ1n) is 5.75. The fourth-order valence-corrected chi connectivity index (χ4v) is 1.96. The molecule has 0 bridgehead atoms. The molecule has 0 saturated carbocycles. The molecule has 0 fully saturated rings. The highest BCUT2D eigenvalue weighted by Gasteiger charge is 2.14. The highest BCUT2D eigenvalue weighted by atomic mass is 16.5. The second-order valence-electron chi connectivity index (χ2n) is 4.29. The number of aromatic nitrogens is 2. The van der Waals surface area contributed by atoms with Gasteiger partial charge in [-0.3, -0.25) is 4.79 Å². The maximum Gasteiger partial charge on any atom is 0.163 e. The molecule has 0 atom stereocenters. The number of aryl methyl sites for hydroxylation is 1. The van der Waals surface area contributed by atoms with E-state index in [0.717, 1.165) is 22.7 Å². The monoisotopic (exact) mass is 244 g/mol. The van der Waals surface area contributed by atoms with Gasteiger partial charge in [-0.25, -0.2) is 4.68 Å². The smallest absolute Gasteiger partial charge is 0.163 e. The molecule has 18 heavy (non-hydrogen) atoms. The summed E-state index contributed by atoms with van der Waals surface area (Å²) in [5.74, 6) is 0.757. The lowest BCUT2D eigenvalue weighted by atomic mass is 10.1. The third-order valence-corrected chi connectivity index (χ3v) is 2.95. The van der Waals surface area contributed by atoms with Crippen LogP contribution in [-0.4, -0.2) is 22.7 Å². The Morgan fingerprint density at radius 1 is 1.33 bits per heavy atom. The van der Waals surface area contributed by atoms with Gasteiger partial charge in [0.2, 0.25) is 0 Å². The van der Waals surface area contributed by atoms with Crippen LogP contribution in [0.1, 0.15) is 28.5 Å². The summed E-state index contributed by atoms with van der Waals surface area (Å²) in [6.07, 6.45) is 1.60. The Kier molecular flexibility index (Phi) is 3.19. The van der Waals surface area contributed by atoms with Crippen LogP contribution in [0.25, 0.3) is 5.69 Å². The number of carbonyl (C=O) groups is 1. The summed E-state index contributed by atoms with van der Waals surface area (Å²) in [5, 5.41) is 4.27. The van der Waals surface area contributed by atoms with Crippen molar-refractivity contribution in [3.8, 4) is 11.4 Å². The van der Waals surface area contributed by atoms with Gasteiger partial charge in [0, 0.05) is 0 Å². The summed E-state index contributed by atoms with van der Waals surface area (Å²) < 4.78 is 7.07. The van der Waals surface area contributed by atoms with Gasteiger partial charge in [0.1, 0.15) is 11.4 Å². The lowest BCUT2D eigenvalue weighted by molar-refractivity contribution is 0.101. The van der Waals surface area contributed by atoms with Crippen molar-refractivity contribution < 1.29 is 9.53 Å². The van der Waals surface area contributed by atoms with E-state index in [2.05, 4.69) is 5.10 Å². The van der Waals surface area contributed by atoms with E-state index in [-0.39, 0.29) is 5.78 Å². The second kappa shape index (κ2) is 4.64. The number of benzene rings is 1. The third kappa shape index (κ3) is 2.01. The number of methoxy groups -OCH3 is 1. The number of rotatable bonds is 3. The average Bonchev–Trinajstić information content (AvgIpc) is 2.71. The van der Waals surface area contributed by atoms with Gasteiger partial charge in [-0.1, -0.05) is 6.07 Å². The van der Waals surface area contributed by atoms with Gasteiger partial charge >= 0.3 is 0 Å². The number of hydrogen-bond donors (Lipinski definition) is 0. The number of ketones is 1. The molecule has 4 heteroatoms. The molecule has 0 amide bonds. The molecule has 0 N–H and O–H groups in total. The van der Waals surface area contributed by atoms with Crippen molar-refractivity contribution in [2.45, 2.75) is 20.8 Å². The van der Waals surface area contributed by atoms with E-state index < -0.39 is 0 Å². The van der Waals surface area contributed by atoms with Crippen molar-refractivity contribution in [2.24, 2.45) is 0 Å². The molecule has 0 spiro atoms. The molecule has 0 aliphatic rings. The van der Waals surface area contributed by atoms with Crippen LogP contribution < -0.4 is 4.74 Å². The summed E-state index contributed by atoms with van der Waals surface area (Å²) in [6.45, 7) is 5.43. The van der Waals surface area contributed by atoms with Crippen molar-refractivity contribution >= 4 is 5.78 Å². The predicted octanol–water partition coefficient (Wildman–Crippen LogP) is 2.70. The molecule has 0 aliphatic carbocycles. The van der Waals surface area contributed by atoms with Gasteiger partial charge in [-0.05, 0) is 38.5 Å². The van der Waals surface area contributed by atoms with Crippen LogP contribution in [-0.2, 0) is 0 Å². The summed E-state index contributed by atoms with van der Waals surface area (Å²) in [7, 11) is 1.62. The second-order valence-corrected chi connectivity index (χ2v) is 4.29. The topological polar surface area (TPSA) is 44.1 Å². The van der Waals surface area contributed by atoms with Crippen molar-refractivity contribution in [3.63, 3.8) is 0 Å². The van der Waals surface area contributed by atoms with Crippen LogP contribution in [0.3, 0.4) is 0 Å². The molecule has 0 aliphatic heterocycles. The molecule has 0 saturated heterocycles. The third-order valence-electron chi connectivity index (χ3n) is 2.95. The molecular formula is C14H16N2O2. The molecule has 2 rings (SSSR count). The zero-order valence-electron chi connectivity index (χ0n) is 11.0. The Hall–Kier alpha value is -2.10. The number of ether oxygens (including phenoxy) is 1. The predicted molar refractivity (Wildman–Crippen MR) is 69.6 cm³/mol. The SMILES string of the molecule is COc1ccc(C)cc1-n1ncc(C(C)=O)c1C. The van der Waals surface area contributed by atoms with Crippen molar-refractivity contribution in [1.29, 1.82) is 0 Å². The van der Waals surface area contributed by atoms with Crippen molar-refractivity contribution in [2.75, 3.05) is 7.11 Å². The van der Waals surface area contributed by atoms with Crippen LogP contribution in [0.15, 0.2) is 24.4 Å². The Morgan fingerprint density at radius 2 is 2.06 bits per heavy atom. The lowest BCUT2D eigenvalue weighted by Crippen LogP contribution is -2.03. The zero-order chi connectivity index (χ0) is 13.3. The van der Waals surface area contributed by atoms with Gasteiger partial charge in [-0.15, -0.1) is 0 Å². The fraction of sp³-hybridized carbons (Fsp3) is 0.286. The highest BCUT2D eigenvalue weighted by molar-refractivity contribution is 5.95. The van der Waals surface area contributed by atoms with E-state index in [9.17, 15) is 4.79 Å². The van der Waals surface area contributed by atoms with Crippen LogP contribution in [0, 0.1) is 13.8 Å². The van der Waals surface area contributed by atoms with Crippen LogP contribution in [0.2, 0.25) is 0 Å². The van der Waals surface area contributed by atoms with E-state index in [0.29, 0.717) is 5.56 Å². The molecule has 94 valence electrons. The van der Waals surface area contributed by atoms with E-state index >= 15 is 0 Å². The first kappa shape index (κ1) is 12.4. The van der Waals surface area contributed by atoms with Gasteiger partial charge in [0.05, 0.1) is 24.6 Å². The van der Waals surface area contributed by atoms with Gasteiger partial charge in [-0.2, -0.15) is 5.10 Å². The summed E-state index contributed by atoms with van der Waals surface area (Å²) in [6, 6.07) is 5.87. The number of hydrogen-bond acceptors (Lipinski definition) is 3. The van der Waals surface area contributed by atoms with Gasteiger partial charge in [0.25, 0.3) is 0 Å². The Morgan fingerprint density at radius 3 is 2.61 bits per heavy atom. The number of Topliss-reactive ketones (excluding diaryl/α,β-unsaturated/α-hetero) is 1. The van der Waals surface area contributed by atoms with Crippen LogP contribution in [0.5, 0.6) is 5.75 Å². The van der Waals surface area contributed by atoms with E-state index in [1.165, 1.54) is 0 Å². The number of nitrogens with zero attached hydrogens (tertiary/aromatic N) is 2. The van der Waals surface area contributed by atoms with Gasteiger partial charge < -0.3 is 4.74 Å². The Balaban J connectivity index is 2.61. The lowest BCUT2D eigenvalue weighted by Gasteiger charge is -2.11. The average molecular weight is 244 g/mol. The quantitative estimate of drug-likeness (QED) is 0.780. The maximum atomic E-state index is 11.4. The molecular weight excluding hydrogens is 228 g/mol. The standard InChI is InChI=1S/C14H16N2O2/c1-9-5-6-14(18-4)13(7-9)16-10(2)12(8-15-16)11(3)17/h5-8H,1-4H3. The Labute approximate surface area is 106 Å². The molecule has 2 aromatic rings. The van der Waals surface area contributed by atoms with E-state index in [1.54, 1.807) is 24.9 Å². The Bertz CT molecular complexity index is 600. The number of carbonyl (C=O) groups excluding carboxylic acids is 1. The largest absolute Gasteiger partial charge is 0.494 e. The maximum absolute atomic E-state index is 11.4. The molecule has 4 nitrogen and oxygen atoms in total. The van der Waals surface area contributed by atoms with Crippen LogP contribution >= 0.6 is 0 Å². The molecule has 0 radical (unpaired) electrons. The summed E-state index contributed by atoms with van der Waals surface area (Å²) in [4.78, 5) is 11.4. The molecule has 1 heterocycles. The normalized spacial score (nSPS) is 10.4. The molecule has 1 aromatic carbocycles. The minimum atomic E-state index is 0.0189. The minimum Gasteiger partial charge on any atom is -0.494 e. The van der Waals surface area contributed by atoms with Gasteiger partial charge in [0.15, 0.2) is 5.78 Å². The first-order valence-corrected chi connectivity index (χ1v) is 5.75. The molecule has 1 aromatic heterocycles. The highest BCUT2D eigenvalue weighted by Crippen LogP contribution is 2.25. The van der Waals surface area contributed by atoms with Crippen molar-refractivity contribution in [1.82, 2.24) is 9.78 Å². The summed E-state index contributed by atoms with van der Waals surface area (Å²) in [5.41, 5.74) is 3.43. The minimum absolute atomic E-state index is 0.0189. The zero-order valence-corrected chi connectivity index (χ0v) is 11.0. The molecule has 0 unspecified atom stereocenters. The van der Waals surface area contributed by atoms with E-state index in [4.69, 9.17) is 4.74 Å². The van der Waals surface area contributed by atoms with E-state index in [1.807, 2.05) is 32.0 Å². The fourth-order valence-electron chi connectivity index (χ4n) is 1.96. The van der Waals surface area contributed by atoms with Crippen molar-refractivity contribution in [3.05, 3.63) is 41.2 Å². The first-order chi connectivity index (χ1) is 8.54. The van der Waals surface area contributed by atoms with Crippen LogP contribution in [0.4, 0.5) is 0 Å².